The molecular weight excluding hydrogens is 108 g/mol. The van der Waals surface area contributed by atoms with Crippen LogP contribution < -0.4 is 0 Å². The summed E-state index contributed by atoms with van der Waals surface area (Å²) in [6.07, 6.45) is 4.32. The topological polar surface area (TPSA) is 0 Å². The Bertz CT molecular complexity index is 60.6. The molecule has 0 aliphatic carbocycles. The maximum Gasteiger partial charge on any atom is 0.0110 e. The minimum Gasteiger partial charge on any atom is -0.0898 e. The normalized spacial score (nSPS) is 12.1. The summed E-state index contributed by atoms with van der Waals surface area (Å²) in [6.45, 7) is 4.04. The summed E-state index contributed by atoms with van der Waals surface area (Å²) in [5, 5.41) is 0.904. The van der Waals surface area contributed by atoms with E-state index >= 15 is 0 Å². The van der Waals surface area contributed by atoms with Crippen LogP contribution in [0.15, 0.2) is 11.1 Å². The van der Waals surface area contributed by atoms with E-state index in [0.717, 1.165) is 11.5 Å². The molecule has 1 heteroatoms. The summed E-state index contributed by atoms with van der Waals surface area (Å²) in [5.41, 5.74) is 0. The number of unbranched alkanes of at least 4 members (excludes halogenated alkanes) is 1. The zero-order valence-electron chi connectivity index (χ0n) is 4.87. The van der Waals surface area contributed by atoms with E-state index in [1.807, 2.05) is 13.0 Å². The van der Waals surface area contributed by atoms with E-state index in [2.05, 4.69) is 6.92 Å². The second-order valence-electron chi connectivity index (χ2n) is 1.58. The third-order valence-corrected chi connectivity index (χ3v) is 0.869. The van der Waals surface area contributed by atoms with Gasteiger partial charge < -0.3 is 0 Å². The molecule has 0 radical (unpaired) electrons. The minimum atomic E-state index is 0.904. The monoisotopic (exact) mass is 118 g/mol. The molecule has 0 nitrogen and oxygen atoms in total. The van der Waals surface area contributed by atoms with Gasteiger partial charge in [0.25, 0.3) is 0 Å². The zero-order chi connectivity index (χ0) is 5.70. The quantitative estimate of drug-likeness (QED) is 0.523. The Kier molecular flexibility index (Phi) is 4.21. The Labute approximate surface area is 50.2 Å². The first-order valence-corrected chi connectivity index (χ1v) is 2.97. The molecule has 0 heterocycles. The fourth-order valence-corrected chi connectivity index (χ4v) is 0.452. The molecule has 0 fully saturated rings. The number of hydrogen-bond donors (Lipinski definition) is 0. The highest BCUT2D eigenvalue weighted by atomic mass is 35.5. The Morgan fingerprint density at radius 3 is 2.43 bits per heavy atom. The maximum atomic E-state index is 5.52. The SMILES string of the molecule is CCC/C=C(/C)Cl. The maximum absolute atomic E-state index is 5.52. The summed E-state index contributed by atoms with van der Waals surface area (Å²) in [7, 11) is 0. The predicted octanol–water partition coefficient (Wildman–Crippen LogP) is 2.93. The molecule has 0 unspecified atom stereocenters. The van der Waals surface area contributed by atoms with E-state index < -0.39 is 0 Å². The van der Waals surface area contributed by atoms with Gasteiger partial charge in [0.05, 0.1) is 0 Å². The van der Waals surface area contributed by atoms with Gasteiger partial charge in [0.1, 0.15) is 0 Å². The lowest BCUT2D eigenvalue weighted by Gasteiger charge is -1.82. The summed E-state index contributed by atoms with van der Waals surface area (Å²) in [4.78, 5) is 0. The molecule has 0 N–H and O–H groups in total. The fraction of sp³-hybridized carbons (Fsp3) is 0.667. The van der Waals surface area contributed by atoms with Crippen LogP contribution in [0.4, 0.5) is 0 Å². The Morgan fingerprint density at radius 1 is 1.71 bits per heavy atom. The van der Waals surface area contributed by atoms with Crippen molar-refractivity contribution in [2.24, 2.45) is 0 Å². The van der Waals surface area contributed by atoms with Gasteiger partial charge in [0, 0.05) is 5.03 Å². The minimum absolute atomic E-state index is 0.904. The molecule has 42 valence electrons. The first-order valence-electron chi connectivity index (χ1n) is 2.59. The smallest absolute Gasteiger partial charge is 0.0110 e. The Balaban J connectivity index is 3.08. The molecule has 0 aliphatic rings. The second kappa shape index (κ2) is 4.20. The predicted molar refractivity (Wildman–Crippen MR) is 34.5 cm³/mol. The van der Waals surface area contributed by atoms with Crippen molar-refractivity contribution in [1.29, 1.82) is 0 Å². The average Bonchev–Trinajstić information content (AvgIpc) is 1.61. The van der Waals surface area contributed by atoms with Gasteiger partial charge in [-0.1, -0.05) is 31.0 Å². The molecule has 0 aromatic rings. The van der Waals surface area contributed by atoms with Gasteiger partial charge in [-0.25, -0.2) is 0 Å². The van der Waals surface area contributed by atoms with Crippen molar-refractivity contribution >= 4 is 11.6 Å². The van der Waals surface area contributed by atoms with Crippen molar-refractivity contribution in [3.8, 4) is 0 Å². The van der Waals surface area contributed by atoms with Gasteiger partial charge in [-0.15, -0.1) is 0 Å². The Morgan fingerprint density at radius 2 is 2.29 bits per heavy atom. The first-order chi connectivity index (χ1) is 3.27. The van der Waals surface area contributed by atoms with Crippen LogP contribution in [0, 0.1) is 0 Å². The van der Waals surface area contributed by atoms with Gasteiger partial charge >= 0.3 is 0 Å². The molecule has 0 amide bonds. The molecule has 0 saturated carbocycles. The molecule has 0 saturated heterocycles. The summed E-state index contributed by atoms with van der Waals surface area (Å²) < 4.78 is 0. The van der Waals surface area contributed by atoms with Gasteiger partial charge in [-0.3, -0.25) is 0 Å². The van der Waals surface area contributed by atoms with Gasteiger partial charge in [-0.2, -0.15) is 0 Å². The van der Waals surface area contributed by atoms with E-state index in [1.54, 1.807) is 0 Å². The van der Waals surface area contributed by atoms with Crippen LogP contribution in [0.25, 0.3) is 0 Å². The third-order valence-electron chi connectivity index (χ3n) is 0.714. The van der Waals surface area contributed by atoms with E-state index in [1.165, 1.54) is 6.42 Å². The van der Waals surface area contributed by atoms with Crippen molar-refractivity contribution in [2.45, 2.75) is 26.7 Å². The van der Waals surface area contributed by atoms with Gasteiger partial charge in [0.2, 0.25) is 0 Å². The fourth-order valence-electron chi connectivity index (χ4n) is 0.343. The van der Waals surface area contributed by atoms with Crippen LogP contribution in [0.3, 0.4) is 0 Å². The first kappa shape index (κ1) is 7.03. The Hall–Kier alpha value is 0.0300. The van der Waals surface area contributed by atoms with Crippen LogP contribution in [0.5, 0.6) is 0 Å². The molecule has 0 bridgehead atoms. The van der Waals surface area contributed by atoms with Crippen molar-refractivity contribution in [3.63, 3.8) is 0 Å². The van der Waals surface area contributed by atoms with Crippen LogP contribution in [0.2, 0.25) is 0 Å². The molecule has 0 aliphatic heterocycles. The standard InChI is InChI=1S/C6H11Cl/c1-3-4-5-6(2)7/h5H,3-4H2,1-2H3/b6-5-. The van der Waals surface area contributed by atoms with Gasteiger partial charge in [0.15, 0.2) is 0 Å². The molecule has 0 aromatic carbocycles. The third kappa shape index (κ3) is 6.03. The second-order valence-corrected chi connectivity index (χ2v) is 2.18. The summed E-state index contributed by atoms with van der Waals surface area (Å²) in [6, 6.07) is 0. The lowest BCUT2D eigenvalue weighted by atomic mass is 10.3. The molecule has 7 heavy (non-hydrogen) atoms. The molecular formula is C6H11Cl. The lowest BCUT2D eigenvalue weighted by Crippen LogP contribution is -1.61. The summed E-state index contributed by atoms with van der Waals surface area (Å²) >= 11 is 5.52. The number of halogens is 1. The van der Waals surface area contributed by atoms with Crippen LogP contribution in [0.1, 0.15) is 26.7 Å². The number of allylic oxidation sites excluding steroid dienone is 2. The average molecular weight is 119 g/mol. The highest BCUT2D eigenvalue weighted by molar-refractivity contribution is 6.29. The van der Waals surface area contributed by atoms with E-state index in [4.69, 9.17) is 11.6 Å². The van der Waals surface area contributed by atoms with Gasteiger partial charge in [-0.05, 0) is 13.3 Å². The molecule has 0 aromatic heterocycles. The highest BCUT2D eigenvalue weighted by Gasteiger charge is 1.75. The molecule has 0 atom stereocenters. The van der Waals surface area contributed by atoms with E-state index in [0.29, 0.717) is 0 Å². The zero-order valence-corrected chi connectivity index (χ0v) is 5.63. The van der Waals surface area contributed by atoms with E-state index in [-0.39, 0.29) is 0 Å². The van der Waals surface area contributed by atoms with Crippen LogP contribution in [-0.2, 0) is 0 Å². The largest absolute Gasteiger partial charge is 0.0898 e. The number of rotatable bonds is 2. The highest BCUT2D eigenvalue weighted by Crippen LogP contribution is 2.00. The van der Waals surface area contributed by atoms with Crippen LogP contribution >= 0.6 is 11.6 Å². The lowest BCUT2D eigenvalue weighted by molar-refractivity contribution is 0.955. The molecule has 0 rings (SSSR count). The van der Waals surface area contributed by atoms with Crippen molar-refractivity contribution < 1.29 is 0 Å². The number of hydrogen-bond acceptors (Lipinski definition) is 0. The van der Waals surface area contributed by atoms with Crippen LogP contribution in [-0.4, -0.2) is 0 Å². The van der Waals surface area contributed by atoms with Crippen molar-refractivity contribution in [1.82, 2.24) is 0 Å². The molecule has 0 spiro atoms. The van der Waals surface area contributed by atoms with E-state index in [9.17, 15) is 0 Å². The summed E-state index contributed by atoms with van der Waals surface area (Å²) in [5.74, 6) is 0. The van der Waals surface area contributed by atoms with Crippen molar-refractivity contribution in [2.75, 3.05) is 0 Å². The van der Waals surface area contributed by atoms with Crippen molar-refractivity contribution in [3.05, 3.63) is 11.1 Å².